The highest BCUT2D eigenvalue weighted by Gasteiger charge is 2.20. The monoisotopic (exact) mass is 1230 g/mol. The van der Waals surface area contributed by atoms with Crippen LogP contribution in [-0.2, 0) is 67.5 Å². The van der Waals surface area contributed by atoms with Gasteiger partial charge in [0.1, 0.15) is 31.3 Å². The third-order valence-electron chi connectivity index (χ3n) is 11.3. The zero-order valence-corrected chi connectivity index (χ0v) is 50.2. The molecule has 0 aliphatic heterocycles. The van der Waals surface area contributed by atoms with Gasteiger partial charge in [-0.05, 0) is 138 Å². The second kappa shape index (κ2) is 48.6. The Morgan fingerprint density at radius 2 is 0.591 bits per heavy atom. The minimum Gasteiger partial charge on any atom is -0.490 e. The van der Waals surface area contributed by atoms with E-state index < -0.39 is 29.8 Å². The lowest BCUT2D eigenvalue weighted by Gasteiger charge is -2.19. The van der Waals surface area contributed by atoms with Crippen LogP contribution in [0, 0.1) is 0 Å². The van der Waals surface area contributed by atoms with Crippen LogP contribution in [0.5, 0.6) is 46.0 Å². The fourth-order valence-corrected chi connectivity index (χ4v) is 7.00. The Balaban J connectivity index is 1.82. The first-order valence-corrected chi connectivity index (χ1v) is 29.0. The molecule has 0 fully saturated rings. The zero-order valence-electron chi connectivity index (χ0n) is 50.2. The van der Waals surface area contributed by atoms with Crippen molar-refractivity contribution in [3.63, 3.8) is 0 Å². The van der Waals surface area contributed by atoms with Crippen LogP contribution >= 0.6 is 0 Å². The minimum atomic E-state index is -0.735. The maximum absolute atomic E-state index is 13.4. The van der Waals surface area contributed by atoms with E-state index in [2.05, 4.69) is 39.5 Å². The highest BCUT2D eigenvalue weighted by molar-refractivity contribution is 5.91. The van der Waals surface area contributed by atoms with Crippen LogP contribution in [0.3, 0.4) is 0 Å². The van der Waals surface area contributed by atoms with Crippen molar-refractivity contribution in [3.8, 4) is 46.0 Å². The van der Waals surface area contributed by atoms with E-state index in [4.69, 9.17) is 81.4 Å². The molecule has 0 aromatic heterocycles. The Labute approximate surface area is 515 Å². The van der Waals surface area contributed by atoms with Gasteiger partial charge in [-0.25, -0.2) is 53.3 Å². The van der Waals surface area contributed by atoms with Gasteiger partial charge in [0, 0.05) is 41.5 Å². The number of carbonyl (C=O) groups is 5. The van der Waals surface area contributed by atoms with E-state index in [1.54, 1.807) is 42.5 Å². The van der Waals surface area contributed by atoms with Crippen molar-refractivity contribution in [3.05, 3.63) is 148 Å². The molecule has 0 saturated heterocycles. The summed E-state index contributed by atoms with van der Waals surface area (Å²) in [5, 5.41) is 0. The topological polar surface area (TPSA) is 242 Å². The molecule has 0 N–H and O–H groups in total. The fraction of sp³-hybridized carbons (Fsp3) is 0.409. The van der Waals surface area contributed by atoms with Gasteiger partial charge in [-0.3, -0.25) is 0 Å². The molecule has 0 heterocycles. The van der Waals surface area contributed by atoms with Crippen molar-refractivity contribution in [2.75, 3.05) is 99.1 Å². The number of esters is 5. The summed E-state index contributed by atoms with van der Waals surface area (Å²) in [5.74, 6) is -0.781. The molecule has 3 aromatic rings. The molecule has 0 amide bonds. The molecule has 22 heteroatoms. The fourth-order valence-electron chi connectivity index (χ4n) is 7.00. The van der Waals surface area contributed by atoms with E-state index in [1.165, 1.54) is 48.6 Å². The van der Waals surface area contributed by atoms with E-state index in [-0.39, 0.29) is 95.7 Å². The smallest absolute Gasteiger partial charge is 0.336 e. The van der Waals surface area contributed by atoms with Crippen molar-refractivity contribution in [1.29, 1.82) is 0 Å². The molecule has 22 nitrogen and oxygen atoms in total. The van der Waals surface area contributed by atoms with Crippen molar-refractivity contribution in [1.82, 2.24) is 0 Å². The van der Waals surface area contributed by atoms with E-state index in [9.17, 15) is 24.0 Å². The summed E-state index contributed by atoms with van der Waals surface area (Å²) >= 11 is 0. The maximum atomic E-state index is 13.4. The van der Waals surface area contributed by atoms with Crippen LogP contribution in [0.4, 0.5) is 0 Å². The second-order valence-corrected chi connectivity index (χ2v) is 18.2. The van der Waals surface area contributed by atoms with Gasteiger partial charge in [-0.1, -0.05) is 38.0 Å². The van der Waals surface area contributed by atoms with Gasteiger partial charge in [0.15, 0.2) is 23.0 Å². The molecule has 480 valence electrons. The number of unbranched alkanes of at least 4 members (excludes halogenated alkanes) is 6. The minimum absolute atomic E-state index is 0.154. The number of hydrogen-bond acceptors (Lipinski definition) is 22. The first-order valence-electron chi connectivity index (χ1n) is 29.0. The average Bonchev–Trinajstić information content (AvgIpc) is 2.79. The second-order valence-electron chi connectivity index (χ2n) is 18.2. The molecule has 0 aliphatic carbocycles. The summed E-state index contributed by atoms with van der Waals surface area (Å²) in [6, 6.07) is 12.7. The Morgan fingerprint density at radius 3 is 0.898 bits per heavy atom. The molecule has 0 bridgehead atoms. The van der Waals surface area contributed by atoms with Gasteiger partial charge in [-0.15, -0.1) is 19.7 Å². The van der Waals surface area contributed by atoms with E-state index >= 15 is 0 Å². The highest BCUT2D eigenvalue weighted by Crippen LogP contribution is 2.43. The van der Waals surface area contributed by atoms with Crippen molar-refractivity contribution >= 4 is 42.0 Å². The Bertz CT molecular complexity index is 2640. The third kappa shape index (κ3) is 33.4. The van der Waals surface area contributed by atoms with Crippen LogP contribution in [0.1, 0.15) is 88.2 Å². The molecule has 0 aliphatic rings. The summed E-state index contributed by atoms with van der Waals surface area (Å²) in [4.78, 5) is 92.0. The van der Waals surface area contributed by atoms with Gasteiger partial charge in [-0.2, -0.15) is 0 Å². The van der Waals surface area contributed by atoms with E-state index in [1.807, 2.05) is 0 Å². The van der Waals surface area contributed by atoms with Gasteiger partial charge in [0.25, 0.3) is 0 Å². The molecule has 0 atom stereocenters. The molecular weight excluding hydrogens is 1140 g/mol. The van der Waals surface area contributed by atoms with Crippen molar-refractivity contribution in [2.24, 2.45) is 0 Å². The van der Waals surface area contributed by atoms with Crippen LogP contribution in [0.15, 0.2) is 137 Å². The maximum Gasteiger partial charge on any atom is 0.336 e. The summed E-state index contributed by atoms with van der Waals surface area (Å²) in [7, 11) is 0. The Morgan fingerprint density at radius 1 is 0.307 bits per heavy atom. The predicted molar refractivity (Wildman–Crippen MR) is 327 cm³/mol. The number of hydrogen-bond donors (Lipinski definition) is 0. The lowest BCUT2D eigenvalue weighted by Crippen LogP contribution is -2.09. The van der Waals surface area contributed by atoms with Gasteiger partial charge in [0.05, 0.1) is 79.3 Å². The lowest BCUT2D eigenvalue weighted by molar-refractivity contribution is -0.286. The van der Waals surface area contributed by atoms with Gasteiger partial charge >= 0.3 is 29.8 Å². The first-order chi connectivity index (χ1) is 43.1. The average molecular weight is 1230 g/mol. The number of rotatable bonds is 54. The van der Waals surface area contributed by atoms with Crippen LogP contribution in [-0.4, -0.2) is 129 Å². The summed E-state index contributed by atoms with van der Waals surface area (Å²) in [6.07, 6.45) is 20.2. The largest absolute Gasteiger partial charge is 0.490 e. The molecule has 0 radical (unpaired) electrons. The Hall–Kier alpha value is -8.51. The summed E-state index contributed by atoms with van der Waals surface area (Å²) in [5.41, 5.74) is 0.936. The molecule has 0 spiro atoms. The summed E-state index contributed by atoms with van der Waals surface area (Å²) < 4.78 is 64.2. The predicted octanol–water partition coefficient (Wildman–Crippen LogP) is 11.5. The Kier molecular flexibility index (Phi) is 40.7. The number of ether oxygens (including phenoxy) is 11. The van der Waals surface area contributed by atoms with E-state index in [0.29, 0.717) is 138 Å². The number of carbonyl (C=O) groups excluding carboxylic acids is 5. The lowest BCUT2D eigenvalue weighted by atomic mass is 10.1. The number of benzene rings is 3. The van der Waals surface area contributed by atoms with Crippen LogP contribution < -0.4 is 37.9 Å². The van der Waals surface area contributed by atoms with Gasteiger partial charge in [0.2, 0.25) is 11.5 Å². The molecule has 0 saturated carbocycles. The molecule has 0 unspecified atom stereocenters. The quantitative estimate of drug-likeness (QED) is 0.00745. The molecule has 88 heavy (non-hydrogen) atoms. The van der Waals surface area contributed by atoms with Crippen LogP contribution in [0.2, 0.25) is 0 Å². The third-order valence-corrected chi connectivity index (χ3v) is 11.3. The van der Waals surface area contributed by atoms with Crippen molar-refractivity contribution < 1.29 is 105 Å². The molecule has 3 rings (SSSR count). The van der Waals surface area contributed by atoms with Crippen molar-refractivity contribution in [2.45, 2.75) is 77.0 Å². The van der Waals surface area contributed by atoms with Gasteiger partial charge < -0.3 is 52.1 Å². The normalized spacial score (nSPS) is 10.8. The van der Waals surface area contributed by atoms with Crippen LogP contribution in [0.25, 0.3) is 12.2 Å². The van der Waals surface area contributed by atoms with E-state index in [0.717, 1.165) is 18.2 Å². The SMILES string of the molecule is C=CCOOCCCCOc1ccc(/C=C/C(=O)Oc2ccc(OC(=O)/C=C/c3ccc(OCCCCOC(=O)C=C)c(OCCCCOC(=O)C=C)c3OCCCCOOCC=C)cc2)c(OCCCCOC(=O)C=C)c1OCCCCOOCC=C. The molecule has 3 aromatic carbocycles. The first kappa shape index (κ1) is 73.7. The molecular formula is C66H84O22. The summed E-state index contributed by atoms with van der Waals surface area (Å²) in [6.45, 7) is 24.8. The highest BCUT2D eigenvalue weighted by atomic mass is 17.2. The standard InChI is InChI=1S/C66H84O22/c1-7-37-81-84-49-22-19-41-73-57-34-26-52(63(77-45-17-15-43-75-59(68)11-5)66(57)80-48-21-24-51-86-83-39-9-3)27-35-61(70)87-54-29-31-55(32-30-54)88-62(71)36-28-53-25-33-56(72-40-13-14-42-74-58(67)10-4)65(79-47-18-16-44-76-60(69)12-6)64(53)78-46-20-23-50-85-82-38-8-2/h7-12,25-36H,1-6,13-24,37-51H2/b35-27+,36-28+. The zero-order chi connectivity index (χ0) is 63.5.